The average Bonchev–Trinajstić information content (AvgIpc) is 2.63. The maximum atomic E-state index is 3.50. The SMILES string of the molecule is CC1CCN(CCC2CCCNC2)C1. The number of nitrogens with zero attached hydrogens (tertiary/aromatic N) is 1. The van der Waals surface area contributed by atoms with E-state index >= 15 is 0 Å². The molecule has 2 aliphatic heterocycles. The second kappa shape index (κ2) is 5.13. The lowest BCUT2D eigenvalue weighted by Crippen LogP contribution is -2.32. The van der Waals surface area contributed by atoms with E-state index in [1.165, 1.54) is 58.4 Å². The molecule has 0 aromatic rings. The van der Waals surface area contributed by atoms with Crippen LogP contribution in [0.2, 0.25) is 0 Å². The fourth-order valence-corrected chi connectivity index (χ4v) is 2.76. The van der Waals surface area contributed by atoms with Crippen LogP contribution in [-0.2, 0) is 0 Å². The molecule has 2 rings (SSSR count). The van der Waals surface area contributed by atoms with Gasteiger partial charge < -0.3 is 10.2 Å². The van der Waals surface area contributed by atoms with Gasteiger partial charge in [0.1, 0.15) is 0 Å². The summed E-state index contributed by atoms with van der Waals surface area (Å²) < 4.78 is 0. The molecular weight excluding hydrogens is 172 g/mol. The number of hydrogen-bond donors (Lipinski definition) is 1. The van der Waals surface area contributed by atoms with Crippen molar-refractivity contribution in [2.45, 2.75) is 32.6 Å². The molecule has 0 aliphatic carbocycles. The van der Waals surface area contributed by atoms with Gasteiger partial charge in [-0.3, -0.25) is 0 Å². The highest BCUT2D eigenvalue weighted by molar-refractivity contribution is 4.75. The molecule has 0 aromatic carbocycles. The third-order valence-corrected chi connectivity index (χ3v) is 3.76. The first-order valence-electron chi connectivity index (χ1n) is 6.27. The van der Waals surface area contributed by atoms with Crippen LogP contribution in [0, 0.1) is 11.8 Å². The summed E-state index contributed by atoms with van der Waals surface area (Å²) in [5.74, 6) is 1.90. The maximum Gasteiger partial charge on any atom is 0.000750 e. The van der Waals surface area contributed by atoms with Crippen molar-refractivity contribution in [1.82, 2.24) is 10.2 Å². The Balaban J connectivity index is 1.61. The molecule has 2 saturated heterocycles. The van der Waals surface area contributed by atoms with Crippen LogP contribution in [0.15, 0.2) is 0 Å². The molecule has 2 heteroatoms. The summed E-state index contributed by atoms with van der Waals surface area (Å²) in [6.07, 6.45) is 5.68. The van der Waals surface area contributed by atoms with E-state index in [0.717, 1.165) is 11.8 Å². The van der Waals surface area contributed by atoms with Crippen molar-refractivity contribution >= 4 is 0 Å². The smallest absolute Gasteiger partial charge is 0.000750 e. The first-order valence-corrected chi connectivity index (χ1v) is 6.27. The standard InChI is InChI=1S/C12H24N2/c1-11-4-7-14(10-11)8-5-12-3-2-6-13-9-12/h11-13H,2-10H2,1H3. The quantitative estimate of drug-likeness (QED) is 0.739. The topological polar surface area (TPSA) is 15.3 Å². The highest BCUT2D eigenvalue weighted by Crippen LogP contribution is 2.19. The number of piperidine rings is 1. The molecule has 2 heterocycles. The van der Waals surface area contributed by atoms with Crippen LogP contribution in [0.5, 0.6) is 0 Å². The summed E-state index contributed by atoms with van der Waals surface area (Å²) in [6, 6.07) is 0. The van der Waals surface area contributed by atoms with Crippen molar-refractivity contribution in [3.05, 3.63) is 0 Å². The predicted molar refractivity (Wildman–Crippen MR) is 60.4 cm³/mol. The zero-order valence-electron chi connectivity index (χ0n) is 9.47. The second-order valence-corrected chi connectivity index (χ2v) is 5.20. The minimum Gasteiger partial charge on any atom is -0.316 e. The molecule has 2 fully saturated rings. The van der Waals surface area contributed by atoms with Gasteiger partial charge in [0.25, 0.3) is 0 Å². The highest BCUT2D eigenvalue weighted by atomic mass is 15.1. The molecule has 14 heavy (non-hydrogen) atoms. The molecule has 0 saturated carbocycles. The van der Waals surface area contributed by atoms with Gasteiger partial charge in [-0.25, -0.2) is 0 Å². The van der Waals surface area contributed by atoms with Gasteiger partial charge in [0, 0.05) is 6.54 Å². The molecule has 1 N–H and O–H groups in total. The normalized spacial score (nSPS) is 34.9. The van der Waals surface area contributed by atoms with E-state index in [4.69, 9.17) is 0 Å². The molecule has 82 valence electrons. The fraction of sp³-hybridized carbons (Fsp3) is 1.00. The van der Waals surface area contributed by atoms with Gasteiger partial charge in [-0.05, 0) is 63.7 Å². The van der Waals surface area contributed by atoms with Crippen LogP contribution in [0.3, 0.4) is 0 Å². The Hall–Kier alpha value is -0.0800. The van der Waals surface area contributed by atoms with Crippen LogP contribution >= 0.6 is 0 Å². The first-order chi connectivity index (χ1) is 6.84. The lowest BCUT2D eigenvalue weighted by Gasteiger charge is -2.25. The molecule has 0 aromatic heterocycles. The van der Waals surface area contributed by atoms with Crippen molar-refractivity contribution in [3.63, 3.8) is 0 Å². The minimum absolute atomic E-state index is 0.944. The van der Waals surface area contributed by atoms with Gasteiger partial charge in [-0.2, -0.15) is 0 Å². The fourth-order valence-electron chi connectivity index (χ4n) is 2.76. The lowest BCUT2D eigenvalue weighted by molar-refractivity contribution is 0.269. The summed E-state index contributed by atoms with van der Waals surface area (Å²) in [5, 5.41) is 3.50. The average molecular weight is 196 g/mol. The largest absolute Gasteiger partial charge is 0.316 e. The Labute approximate surface area is 88.1 Å². The van der Waals surface area contributed by atoms with Crippen LogP contribution in [0.4, 0.5) is 0 Å². The zero-order chi connectivity index (χ0) is 9.80. The van der Waals surface area contributed by atoms with E-state index in [-0.39, 0.29) is 0 Å². The van der Waals surface area contributed by atoms with E-state index < -0.39 is 0 Å². The summed E-state index contributed by atoms with van der Waals surface area (Å²) in [7, 11) is 0. The van der Waals surface area contributed by atoms with Gasteiger partial charge in [-0.1, -0.05) is 6.92 Å². The van der Waals surface area contributed by atoms with E-state index in [9.17, 15) is 0 Å². The van der Waals surface area contributed by atoms with Gasteiger partial charge in [0.05, 0.1) is 0 Å². The van der Waals surface area contributed by atoms with E-state index in [1.807, 2.05) is 0 Å². The molecule has 2 unspecified atom stereocenters. The molecular formula is C12H24N2. The lowest BCUT2D eigenvalue weighted by atomic mass is 9.96. The molecule has 2 aliphatic rings. The van der Waals surface area contributed by atoms with Gasteiger partial charge in [-0.15, -0.1) is 0 Å². The van der Waals surface area contributed by atoms with Crippen molar-refractivity contribution in [2.75, 3.05) is 32.7 Å². The van der Waals surface area contributed by atoms with E-state index in [2.05, 4.69) is 17.1 Å². The Morgan fingerprint density at radius 1 is 1.36 bits per heavy atom. The Morgan fingerprint density at radius 2 is 2.29 bits per heavy atom. The van der Waals surface area contributed by atoms with Crippen molar-refractivity contribution in [1.29, 1.82) is 0 Å². The Kier molecular flexibility index (Phi) is 3.82. The molecule has 2 nitrogen and oxygen atoms in total. The van der Waals surface area contributed by atoms with Crippen molar-refractivity contribution in [2.24, 2.45) is 11.8 Å². The Bertz CT molecular complexity index is 159. The van der Waals surface area contributed by atoms with E-state index in [0.29, 0.717) is 0 Å². The number of hydrogen-bond acceptors (Lipinski definition) is 2. The second-order valence-electron chi connectivity index (χ2n) is 5.20. The summed E-state index contributed by atoms with van der Waals surface area (Å²) >= 11 is 0. The number of nitrogens with one attached hydrogen (secondary N) is 1. The molecule has 2 atom stereocenters. The minimum atomic E-state index is 0.944. The van der Waals surface area contributed by atoms with Gasteiger partial charge in [0.15, 0.2) is 0 Å². The van der Waals surface area contributed by atoms with Crippen LogP contribution < -0.4 is 5.32 Å². The molecule has 0 amide bonds. The molecule has 0 radical (unpaired) electrons. The van der Waals surface area contributed by atoms with Crippen molar-refractivity contribution in [3.8, 4) is 0 Å². The molecule has 0 bridgehead atoms. The number of rotatable bonds is 3. The van der Waals surface area contributed by atoms with Gasteiger partial charge in [0.2, 0.25) is 0 Å². The summed E-state index contributed by atoms with van der Waals surface area (Å²) in [5.41, 5.74) is 0. The monoisotopic (exact) mass is 196 g/mol. The van der Waals surface area contributed by atoms with Crippen LogP contribution in [0.25, 0.3) is 0 Å². The molecule has 0 spiro atoms. The summed E-state index contributed by atoms with van der Waals surface area (Å²) in [6.45, 7) is 8.93. The van der Waals surface area contributed by atoms with Crippen molar-refractivity contribution < 1.29 is 0 Å². The first kappa shape index (κ1) is 10.4. The predicted octanol–water partition coefficient (Wildman–Crippen LogP) is 1.72. The third kappa shape index (κ3) is 2.96. The van der Waals surface area contributed by atoms with Gasteiger partial charge >= 0.3 is 0 Å². The summed E-state index contributed by atoms with van der Waals surface area (Å²) in [4.78, 5) is 2.65. The zero-order valence-corrected chi connectivity index (χ0v) is 9.47. The third-order valence-electron chi connectivity index (χ3n) is 3.76. The Morgan fingerprint density at radius 3 is 2.93 bits per heavy atom. The van der Waals surface area contributed by atoms with Crippen LogP contribution in [-0.4, -0.2) is 37.6 Å². The van der Waals surface area contributed by atoms with Crippen LogP contribution in [0.1, 0.15) is 32.6 Å². The maximum absolute atomic E-state index is 3.50. The van der Waals surface area contributed by atoms with E-state index in [1.54, 1.807) is 0 Å². The highest BCUT2D eigenvalue weighted by Gasteiger charge is 2.20. The number of likely N-dealkylation sites (tertiary alicyclic amines) is 1.